The zero-order valence-corrected chi connectivity index (χ0v) is 12.8. The van der Waals surface area contributed by atoms with Crippen LogP contribution in [0.1, 0.15) is 10.4 Å². The number of carbonyl (C=O) groups excluding carboxylic acids is 1. The first-order chi connectivity index (χ1) is 9.12. The second-order valence-electron chi connectivity index (χ2n) is 3.83. The van der Waals surface area contributed by atoms with E-state index >= 15 is 0 Å². The van der Waals surface area contributed by atoms with E-state index in [-0.39, 0.29) is 10.7 Å². The van der Waals surface area contributed by atoms with Crippen molar-refractivity contribution in [2.45, 2.75) is 4.83 Å². The number of alkyl halides is 1. The van der Waals surface area contributed by atoms with Crippen molar-refractivity contribution in [2.24, 2.45) is 0 Å². The molecular formula is C13H18BrNO4. The van der Waals surface area contributed by atoms with E-state index in [9.17, 15) is 4.79 Å². The fourth-order valence-electron chi connectivity index (χ4n) is 1.52. The van der Waals surface area contributed by atoms with E-state index < -0.39 is 0 Å². The van der Waals surface area contributed by atoms with Crippen molar-refractivity contribution in [3.63, 3.8) is 0 Å². The van der Waals surface area contributed by atoms with Crippen LogP contribution < -0.4 is 14.8 Å². The highest BCUT2D eigenvalue weighted by Gasteiger charge is 2.14. The summed E-state index contributed by atoms with van der Waals surface area (Å²) in [6.07, 6.45) is 0. The predicted octanol–water partition coefficient (Wildman–Crippen LogP) is 1.84. The molecule has 0 saturated carbocycles. The Labute approximate surface area is 121 Å². The largest absolute Gasteiger partial charge is 0.497 e. The first-order valence-corrected chi connectivity index (χ1v) is 6.67. The summed E-state index contributed by atoms with van der Waals surface area (Å²) < 4.78 is 15.2. The van der Waals surface area contributed by atoms with Crippen molar-refractivity contribution in [1.29, 1.82) is 0 Å². The van der Waals surface area contributed by atoms with Gasteiger partial charge in [-0.2, -0.15) is 0 Å². The average molecular weight is 332 g/mol. The Kier molecular flexibility index (Phi) is 6.66. The number of ether oxygens (including phenoxy) is 3. The quantitative estimate of drug-likeness (QED) is 0.774. The fourth-order valence-corrected chi connectivity index (χ4v) is 1.95. The van der Waals surface area contributed by atoms with Gasteiger partial charge < -0.3 is 19.5 Å². The molecule has 1 amide bonds. The Morgan fingerprint density at radius 2 is 2.05 bits per heavy atom. The maximum Gasteiger partial charge on any atom is 0.255 e. The molecule has 1 aromatic carbocycles. The maximum absolute atomic E-state index is 12.0. The highest BCUT2D eigenvalue weighted by atomic mass is 79.9. The Morgan fingerprint density at radius 3 is 2.63 bits per heavy atom. The van der Waals surface area contributed by atoms with E-state index in [4.69, 9.17) is 14.2 Å². The van der Waals surface area contributed by atoms with Gasteiger partial charge >= 0.3 is 0 Å². The lowest BCUT2D eigenvalue weighted by Gasteiger charge is -2.13. The van der Waals surface area contributed by atoms with Gasteiger partial charge in [0.1, 0.15) is 11.5 Å². The summed E-state index contributed by atoms with van der Waals surface area (Å²) in [5.74, 6) is 0.931. The predicted molar refractivity (Wildman–Crippen MR) is 76.5 cm³/mol. The molecule has 0 radical (unpaired) electrons. The van der Waals surface area contributed by atoms with Crippen molar-refractivity contribution in [3.8, 4) is 11.5 Å². The number of nitrogens with one attached hydrogen (secondary N) is 1. The Hall–Kier alpha value is -1.27. The van der Waals surface area contributed by atoms with Crippen LogP contribution in [0.15, 0.2) is 18.2 Å². The number of hydrogen-bond donors (Lipinski definition) is 1. The Balaban J connectivity index is 2.71. The fraction of sp³-hybridized carbons (Fsp3) is 0.462. The molecule has 106 valence electrons. The van der Waals surface area contributed by atoms with Crippen molar-refractivity contribution in [3.05, 3.63) is 23.8 Å². The summed E-state index contributed by atoms with van der Waals surface area (Å²) in [6.45, 7) is 1.00. The summed E-state index contributed by atoms with van der Waals surface area (Å²) in [7, 11) is 4.70. The molecule has 0 aromatic heterocycles. The minimum Gasteiger partial charge on any atom is -0.497 e. The van der Waals surface area contributed by atoms with Gasteiger partial charge in [-0.15, -0.1) is 0 Å². The highest BCUT2D eigenvalue weighted by Crippen LogP contribution is 2.24. The molecule has 0 saturated heterocycles. The van der Waals surface area contributed by atoms with Gasteiger partial charge in [-0.3, -0.25) is 4.79 Å². The number of halogens is 1. The van der Waals surface area contributed by atoms with Crippen LogP contribution in [-0.2, 0) is 4.74 Å². The standard InChI is InChI=1S/C13H18BrNO4/c1-17-8-9(14)7-15-13(16)11-5-4-10(18-2)6-12(11)19-3/h4-6,9H,7-8H2,1-3H3,(H,15,16). The molecule has 5 nitrogen and oxygen atoms in total. The van der Waals surface area contributed by atoms with E-state index in [1.807, 2.05) is 0 Å². The van der Waals surface area contributed by atoms with Gasteiger partial charge in [0.05, 0.1) is 31.2 Å². The smallest absolute Gasteiger partial charge is 0.255 e. The minimum absolute atomic E-state index is 0.0747. The third-order valence-electron chi connectivity index (χ3n) is 2.48. The SMILES string of the molecule is COCC(Br)CNC(=O)c1ccc(OC)cc1OC. The van der Waals surface area contributed by atoms with E-state index in [1.54, 1.807) is 32.4 Å². The van der Waals surface area contributed by atoms with Crippen LogP contribution in [-0.4, -0.2) is 45.2 Å². The summed E-state index contributed by atoms with van der Waals surface area (Å²) >= 11 is 3.41. The van der Waals surface area contributed by atoms with Gasteiger partial charge in [-0.1, -0.05) is 15.9 Å². The van der Waals surface area contributed by atoms with E-state index in [2.05, 4.69) is 21.2 Å². The molecule has 1 rings (SSSR count). The van der Waals surface area contributed by atoms with Gasteiger partial charge in [0.2, 0.25) is 0 Å². The molecule has 0 aliphatic rings. The average Bonchev–Trinajstić information content (AvgIpc) is 2.44. The molecule has 1 unspecified atom stereocenters. The van der Waals surface area contributed by atoms with Gasteiger partial charge in [-0.05, 0) is 12.1 Å². The number of benzene rings is 1. The van der Waals surface area contributed by atoms with Crippen molar-refractivity contribution in [1.82, 2.24) is 5.32 Å². The molecule has 1 atom stereocenters. The molecule has 0 heterocycles. The number of carbonyl (C=O) groups is 1. The van der Waals surface area contributed by atoms with Crippen molar-refractivity contribution < 1.29 is 19.0 Å². The van der Waals surface area contributed by atoms with Crippen LogP contribution in [0.3, 0.4) is 0 Å². The summed E-state index contributed by atoms with van der Waals surface area (Å²) in [6, 6.07) is 5.07. The molecular weight excluding hydrogens is 314 g/mol. The monoisotopic (exact) mass is 331 g/mol. The normalized spacial score (nSPS) is 11.8. The molecule has 0 fully saturated rings. The molecule has 1 aromatic rings. The summed E-state index contributed by atoms with van der Waals surface area (Å²) in [5.41, 5.74) is 0.473. The van der Waals surface area contributed by atoms with Crippen LogP contribution in [0.5, 0.6) is 11.5 Å². The van der Waals surface area contributed by atoms with E-state index in [1.165, 1.54) is 7.11 Å². The number of hydrogen-bond acceptors (Lipinski definition) is 4. The second kappa shape index (κ2) is 8.01. The van der Waals surface area contributed by atoms with Gasteiger partial charge in [-0.25, -0.2) is 0 Å². The molecule has 6 heteroatoms. The van der Waals surface area contributed by atoms with E-state index in [0.717, 1.165) is 0 Å². The third-order valence-corrected chi connectivity index (χ3v) is 3.07. The van der Waals surface area contributed by atoms with Gasteiger partial charge in [0, 0.05) is 19.7 Å². The molecule has 0 bridgehead atoms. The molecule has 0 aliphatic heterocycles. The van der Waals surface area contributed by atoms with Crippen LogP contribution in [0.2, 0.25) is 0 Å². The van der Waals surface area contributed by atoms with Crippen LogP contribution in [0.25, 0.3) is 0 Å². The number of amides is 1. The lowest BCUT2D eigenvalue weighted by atomic mass is 10.1. The Bertz CT molecular complexity index is 425. The second-order valence-corrected chi connectivity index (χ2v) is 5.12. The van der Waals surface area contributed by atoms with Crippen LogP contribution in [0, 0.1) is 0 Å². The first-order valence-electron chi connectivity index (χ1n) is 5.75. The highest BCUT2D eigenvalue weighted by molar-refractivity contribution is 9.09. The summed E-state index contributed by atoms with van der Waals surface area (Å²) in [4.78, 5) is 12.1. The molecule has 1 N–H and O–H groups in total. The lowest BCUT2D eigenvalue weighted by molar-refractivity contribution is 0.0947. The van der Waals surface area contributed by atoms with Crippen molar-refractivity contribution >= 4 is 21.8 Å². The molecule has 19 heavy (non-hydrogen) atoms. The topological polar surface area (TPSA) is 56.8 Å². The zero-order valence-electron chi connectivity index (χ0n) is 11.2. The number of methoxy groups -OCH3 is 3. The van der Waals surface area contributed by atoms with Gasteiger partial charge in [0.15, 0.2) is 0 Å². The van der Waals surface area contributed by atoms with E-state index in [0.29, 0.717) is 30.2 Å². The Morgan fingerprint density at radius 1 is 1.32 bits per heavy atom. The van der Waals surface area contributed by atoms with Crippen LogP contribution >= 0.6 is 15.9 Å². The van der Waals surface area contributed by atoms with Gasteiger partial charge in [0.25, 0.3) is 5.91 Å². The molecule has 0 aliphatic carbocycles. The zero-order chi connectivity index (χ0) is 14.3. The first kappa shape index (κ1) is 15.8. The summed E-state index contributed by atoms with van der Waals surface area (Å²) in [5, 5.41) is 2.81. The number of rotatable bonds is 7. The third kappa shape index (κ3) is 4.72. The maximum atomic E-state index is 12.0. The van der Waals surface area contributed by atoms with Crippen molar-refractivity contribution in [2.75, 3.05) is 34.5 Å². The van der Waals surface area contributed by atoms with Crippen LogP contribution in [0.4, 0.5) is 0 Å². The lowest BCUT2D eigenvalue weighted by Crippen LogP contribution is -2.31. The molecule has 0 spiro atoms. The minimum atomic E-state index is -0.194.